The number of pyridine rings is 1. The second kappa shape index (κ2) is 4.21. The van der Waals surface area contributed by atoms with Crippen molar-refractivity contribution in [2.24, 2.45) is 5.84 Å². The van der Waals surface area contributed by atoms with Gasteiger partial charge in [-0.1, -0.05) is 0 Å². The Morgan fingerprint density at radius 1 is 1.22 bits per heavy atom. The standard InChI is InChI=1S/C10H8ClN7/c11-10-15-8(17-12)7-9(16-10)18(5-14-7)6-1-3-13-4-2-6/h1-5H,12H2,(H,15,16,17). The number of hydrogen-bond acceptors (Lipinski definition) is 6. The van der Waals surface area contributed by atoms with Crippen molar-refractivity contribution in [1.82, 2.24) is 24.5 Å². The molecule has 18 heavy (non-hydrogen) atoms. The highest BCUT2D eigenvalue weighted by atomic mass is 35.5. The van der Waals surface area contributed by atoms with Gasteiger partial charge in [0.05, 0.1) is 5.69 Å². The molecular formula is C10H8ClN7. The zero-order valence-electron chi connectivity index (χ0n) is 9.08. The number of halogens is 1. The second-order valence-corrected chi connectivity index (χ2v) is 3.82. The Kier molecular flexibility index (Phi) is 2.54. The first-order valence-corrected chi connectivity index (χ1v) is 5.45. The van der Waals surface area contributed by atoms with Gasteiger partial charge >= 0.3 is 0 Å². The van der Waals surface area contributed by atoms with Crippen molar-refractivity contribution in [2.45, 2.75) is 0 Å². The lowest BCUT2D eigenvalue weighted by molar-refractivity contribution is 1.05. The van der Waals surface area contributed by atoms with Crippen molar-refractivity contribution in [3.8, 4) is 5.69 Å². The number of imidazole rings is 1. The fourth-order valence-corrected chi connectivity index (χ4v) is 1.83. The Bertz CT molecular complexity index is 694. The third kappa shape index (κ3) is 1.66. The largest absolute Gasteiger partial charge is 0.306 e. The van der Waals surface area contributed by atoms with Crippen LogP contribution in [0.4, 0.5) is 5.82 Å². The van der Waals surface area contributed by atoms with Gasteiger partial charge in [-0.15, -0.1) is 0 Å². The van der Waals surface area contributed by atoms with Gasteiger partial charge in [0, 0.05) is 12.4 Å². The van der Waals surface area contributed by atoms with Crippen molar-refractivity contribution in [2.75, 3.05) is 5.43 Å². The molecule has 0 saturated carbocycles. The molecule has 0 bridgehead atoms. The van der Waals surface area contributed by atoms with E-state index in [2.05, 4.69) is 25.4 Å². The van der Waals surface area contributed by atoms with Gasteiger partial charge in [-0.3, -0.25) is 9.55 Å². The number of aromatic nitrogens is 5. The van der Waals surface area contributed by atoms with E-state index in [1.165, 1.54) is 0 Å². The summed E-state index contributed by atoms with van der Waals surface area (Å²) < 4.78 is 1.78. The lowest BCUT2D eigenvalue weighted by atomic mass is 10.4. The van der Waals surface area contributed by atoms with Gasteiger partial charge in [0.2, 0.25) is 5.28 Å². The Balaban J connectivity index is 2.30. The number of hydrazine groups is 1. The highest BCUT2D eigenvalue weighted by Gasteiger charge is 2.12. The molecule has 0 atom stereocenters. The van der Waals surface area contributed by atoms with Crippen LogP contribution >= 0.6 is 11.6 Å². The van der Waals surface area contributed by atoms with E-state index in [9.17, 15) is 0 Å². The molecule has 0 aliphatic rings. The summed E-state index contributed by atoms with van der Waals surface area (Å²) >= 11 is 5.85. The van der Waals surface area contributed by atoms with Crippen LogP contribution in [-0.4, -0.2) is 24.5 Å². The van der Waals surface area contributed by atoms with E-state index in [0.29, 0.717) is 17.0 Å². The molecule has 0 saturated heterocycles. The van der Waals surface area contributed by atoms with E-state index < -0.39 is 0 Å². The first kappa shape index (κ1) is 10.9. The topological polar surface area (TPSA) is 94.5 Å². The average Bonchev–Trinajstić information content (AvgIpc) is 2.82. The highest BCUT2D eigenvalue weighted by Crippen LogP contribution is 2.22. The van der Waals surface area contributed by atoms with E-state index in [4.69, 9.17) is 17.4 Å². The minimum absolute atomic E-state index is 0.103. The summed E-state index contributed by atoms with van der Waals surface area (Å²) in [4.78, 5) is 16.3. The van der Waals surface area contributed by atoms with Crippen LogP contribution in [-0.2, 0) is 0 Å². The third-order valence-electron chi connectivity index (χ3n) is 2.45. The normalized spacial score (nSPS) is 10.8. The molecule has 0 radical (unpaired) electrons. The number of anilines is 1. The number of nitrogens with zero attached hydrogens (tertiary/aromatic N) is 5. The molecule has 0 unspecified atom stereocenters. The van der Waals surface area contributed by atoms with E-state index in [1.54, 1.807) is 23.3 Å². The first-order valence-electron chi connectivity index (χ1n) is 5.07. The molecule has 3 aromatic rings. The quantitative estimate of drug-likeness (QED) is 0.408. The number of nitrogens with two attached hydrogens (primary N) is 1. The van der Waals surface area contributed by atoms with Crippen LogP contribution in [0.15, 0.2) is 30.9 Å². The van der Waals surface area contributed by atoms with E-state index in [-0.39, 0.29) is 5.28 Å². The number of nitrogens with one attached hydrogen (secondary N) is 1. The zero-order chi connectivity index (χ0) is 12.5. The molecule has 3 aromatic heterocycles. The minimum atomic E-state index is 0.103. The summed E-state index contributed by atoms with van der Waals surface area (Å²) in [7, 11) is 0. The van der Waals surface area contributed by atoms with Crippen LogP contribution in [0, 0.1) is 0 Å². The van der Waals surface area contributed by atoms with E-state index in [0.717, 1.165) is 5.69 Å². The molecule has 3 N–H and O–H groups in total. The smallest absolute Gasteiger partial charge is 0.226 e. The summed E-state index contributed by atoms with van der Waals surface area (Å²) in [5.74, 6) is 5.76. The van der Waals surface area contributed by atoms with Crippen molar-refractivity contribution in [3.05, 3.63) is 36.1 Å². The second-order valence-electron chi connectivity index (χ2n) is 3.48. The monoisotopic (exact) mass is 261 g/mol. The van der Waals surface area contributed by atoms with Gasteiger partial charge in [0.25, 0.3) is 0 Å². The fourth-order valence-electron chi connectivity index (χ4n) is 1.67. The Morgan fingerprint density at radius 3 is 2.72 bits per heavy atom. The highest BCUT2D eigenvalue weighted by molar-refractivity contribution is 6.28. The SMILES string of the molecule is NNc1nc(Cl)nc2c1ncn2-c1ccncc1. The van der Waals surface area contributed by atoms with Crippen molar-refractivity contribution < 1.29 is 0 Å². The predicted molar refractivity (Wildman–Crippen MR) is 67.3 cm³/mol. The molecule has 0 fully saturated rings. The van der Waals surface area contributed by atoms with Gasteiger partial charge < -0.3 is 5.43 Å². The van der Waals surface area contributed by atoms with Crippen molar-refractivity contribution in [3.63, 3.8) is 0 Å². The molecule has 8 heteroatoms. The lowest BCUT2D eigenvalue weighted by Crippen LogP contribution is -2.10. The maximum Gasteiger partial charge on any atom is 0.226 e. The molecule has 3 rings (SSSR count). The number of hydrogen-bond donors (Lipinski definition) is 2. The zero-order valence-corrected chi connectivity index (χ0v) is 9.83. The summed E-state index contributed by atoms with van der Waals surface area (Å²) in [5, 5.41) is 0.103. The van der Waals surface area contributed by atoms with Crippen molar-refractivity contribution >= 4 is 28.6 Å². The Labute approximate surface area is 107 Å². The van der Waals surface area contributed by atoms with Gasteiger partial charge in [-0.2, -0.15) is 9.97 Å². The predicted octanol–water partition coefficient (Wildman–Crippen LogP) is 1.15. The van der Waals surface area contributed by atoms with Gasteiger partial charge in [-0.25, -0.2) is 10.8 Å². The molecule has 0 aliphatic heterocycles. The first-order chi connectivity index (χ1) is 8.79. The number of nitrogen functional groups attached to an aromatic ring is 1. The summed E-state index contributed by atoms with van der Waals surface area (Å²) in [6.45, 7) is 0. The number of rotatable bonds is 2. The fraction of sp³-hybridized carbons (Fsp3) is 0. The number of fused-ring (bicyclic) bond motifs is 1. The van der Waals surface area contributed by atoms with Crippen molar-refractivity contribution in [1.29, 1.82) is 0 Å². The maximum atomic E-state index is 5.85. The minimum Gasteiger partial charge on any atom is -0.306 e. The molecule has 3 heterocycles. The van der Waals surface area contributed by atoms with Crippen LogP contribution in [0.3, 0.4) is 0 Å². The molecule has 0 aliphatic carbocycles. The summed E-state index contributed by atoms with van der Waals surface area (Å²) in [6, 6.07) is 3.68. The molecular weight excluding hydrogens is 254 g/mol. The van der Waals surface area contributed by atoms with Crippen LogP contribution in [0.2, 0.25) is 5.28 Å². The third-order valence-corrected chi connectivity index (χ3v) is 2.62. The molecule has 0 spiro atoms. The molecule has 7 nitrogen and oxygen atoms in total. The van der Waals surface area contributed by atoms with Crippen LogP contribution in [0.5, 0.6) is 0 Å². The van der Waals surface area contributed by atoms with Crippen LogP contribution in [0.25, 0.3) is 16.9 Å². The molecule has 90 valence electrons. The lowest BCUT2D eigenvalue weighted by Gasteiger charge is -2.04. The maximum absolute atomic E-state index is 5.85. The van der Waals surface area contributed by atoms with E-state index >= 15 is 0 Å². The van der Waals surface area contributed by atoms with Gasteiger partial charge in [0.15, 0.2) is 17.0 Å². The van der Waals surface area contributed by atoms with E-state index in [1.807, 2.05) is 12.1 Å². The summed E-state index contributed by atoms with van der Waals surface area (Å²) in [5.41, 5.74) is 4.46. The van der Waals surface area contributed by atoms with Gasteiger partial charge in [0.1, 0.15) is 6.33 Å². The van der Waals surface area contributed by atoms with Crippen LogP contribution < -0.4 is 11.3 Å². The summed E-state index contributed by atoms with van der Waals surface area (Å²) in [6.07, 6.45) is 5.00. The molecule has 0 aromatic carbocycles. The Morgan fingerprint density at radius 2 is 2.00 bits per heavy atom. The average molecular weight is 262 g/mol. The van der Waals surface area contributed by atoms with Gasteiger partial charge in [-0.05, 0) is 23.7 Å². The molecule has 0 amide bonds. The Hall–Kier alpha value is -2.25. The van der Waals surface area contributed by atoms with Crippen LogP contribution in [0.1, 0.15) is 0 Å².